The van der Waals surface area contributed by atoms with Gasteiger partial charge in [0.2, 0.25) is 12.4 Å². The average molecular weight is 392 g/mol. The standard InChI is InChI=1S/C19H16N6O4/c1-29-14-8-3-2-7-13(14)25-17-15(22-19(25)28)16(20-10-26)23-18(24-17)21-11-5-4-6-12(27)9-11/h2-10,27H,1H3,(H,22,28)(H2,20,21,23,24,26). The van der Waals surface area contributed by atoms with Crippen LogP contribution in [0.4, 0.5) is 17.5 Å². The molecule has 2 aromatic carbocycles. The lowest BCUT2D eigenvalue weighted by Gasteiger charge is -2.11. The third-order valence-corrected chi connectivity index (χ3v) is 4.16. The molecule has 0 aliphatic heterocycles. The van der Waals surface area contributed by atoms with Gasteiger partial charge in [-0.2, -0.15) is 9.97 Å². The first-order valence-corrected chi connectivity index (χ1v) is 8.53. The lowest BCUT2D eigenvalue weighted by molar-refractivity contribution is -0.105. The summed E-state index contributed by atoms with van der Waals surface area (Å²) < 4.78 is 6.69. The Balaban J connectivity index is 1.93. The van der Waals surface area contributed by atoms with Gasteiger partial charge in [0.1, 0.15) is 17.0 Å². The number of phenolic OH excluding ortho intramolecular Hbond substituents is 1. The van der Waals surface area contributed by atoms with Crippen molar-refractivity contribution in [1.29, 1.82) is 0 Å². The van der Waals surface area contributed by atoms with Crippen molar-refractivity contribution in [1.82, 2.24) is 19.5 Å². The molecule has 0 atom stereocenters. The number of H-pyrrole nitrogens is 1. The molecule has 4 rings (SSSR count). The molecule has 0 radical (unpaired) electrons. The SMILES string of the molecule is COc1ccccc1-n1c(=O)[nH]c2c(NC=O)nc(Nc3cccc(O)c3)nc21. The molecule has 4 aromatic rings. The normalized spacial score (nSPS) is 10.7. The number of hydrogen-bond acceptors (Lipinski definition) is 7. The second-order valence-corrected chi connectivity index (χ2v) is 5.97. The molecule has 2 aromatic heterocycles. The van der Waals surface area contributed by atoms with Gasteiger partial charge in [0, 0.05) is 11.8 Å². The lowest BCUT2D eigenvalue weighted by Crippen LogP contribution is -2.15. The predicted molar refractivity (Wildman–Crippen MR) is 107 cm³/mol. The van der Waals surface area contributed by atoms with Gasteiger partial charge in [0.15, 0.2) is 11.5 Å². The van der Waals surface area contributed by atoms with Crippen LogP contribution in [0.5, 0.6) is 11.5 Å². The Morgan fingerprint density at radius 3 is 2.76 bits per heavy atom. The van der Waals surface area contributed by atoms with Crippen LogP contribution >= 0.6 is 0 Å². The van der Waals surface area contributed by atoms with E-state index < -0.39 is 5.69 Å². The number of nitrogens with one attached hydrogen (secondary N) is 3. The number of hydrogen-bond donors (Lipinski definition) is 4. The number of methoxy groups -OCH3 is 1. The van der Waals surface area contributed by atoms with E-state index in [0.717, 1.165) is 0 Å². The van der Waals surface area contributed by atoms with Gasteiger partial charge in [-0.1, -0.05) is 18.2 Å². The number of rotatable bonds is 6. The highest BCUT2D eigenvalue weighted by atomic mass is 16.5. The number of nitrogens with zero attached hydrogens (tertiary/aromatic N) is 3. The van der Waals surface area contributed by atoms with Crippen molar-refractivity contribution < 1.29 is 14.6 Å². The number of fused-ring (bicyclic) bond motifs is 1. The van der Waals surface area contributed by atoms with Gasteiger partial charge in [0.05, 0.1) is 12.8 Å². The molecule has 0 aliphatic carbocycles. The molecular formula is C19H16N6O4. The maximum Gasteiger partial charge on any atom is 0.332 e. The van der Waals surface area contributed by atoms with Crippen LogP contribution in [-0.4, -0.2) is 38.1 Å². The monoisotopic (exact) mass is 392 g/mol. The average Bonchev–Trinajstić information content (AvgIpc) is 3.04. The minimum Gasteiger partial charge on any atom is -0.508 e. The fourth-order valence-corrected chi connectivity index (χ4v) is 2.95. The zero-order valence-electron chi connectivity index (χ0n) is 15.2. The summed E-state index contributed by atoms with van der Waals surface area (Å²) in [4.78, 5) is 35.1. The van der Waals surface area contributed by atoms with Crippen LogP contribution in [0.15, 0.2) is 53.3 Å². The van der Waals surface area contributed by atoms with E-state index in [-0.39, 0.29) is 28.7 Å². The maximum atomic E-state index is 12.7. The summed E-state index contributed by atoms with van der Waals surface area (Å²) in [5, 5.41) is 15.1. The second kappa shape index (κ2) is 7.35. The highest BCUT2D eigenvalue weighted by Gasteiger charge is 2.18. The topological polar surface area (TPSA) is 134 Å². The van der Waals surface area contributed by atoms with E-state index in [0.29, 0.717) is 23.5 Å². The van der Waals surface area contributed by atoms with Crippen molar-refractivity contribution in [2.45, 2.75) is 0 Å². The Hall–Kier alpha value is -4.34. The van der Waals surface area contributed by atoms with Crippen LogP contribution in [0.1, 0.15) is 0 Å². The van der Waals surface area contributed by atoms with Gasteiger partial charge in [0.25, 0.3) is 0 Å². The van der Waals surface area contributed by atoms with Crippen molar-refractivity contribution >= 4 is 35.0 Å². The van der Waals surface area contributed by atoms with Crippen molar-refractivity contribution in [2.24, 2.45) is 0 Å². The third-order valence-electron chi connectivity index (χ3n) is 4.16. The number of amides is 1. The summed E-state index contributed by atoms with van der Waals surface area (Å²) in [6.07, 6.45) is 0.457. The van der Waals surface area contributed by atoms with E-state index in [4.69, 9.17) is 4.74 Å². The Morgan fingerprint density at radius 1 is 1.17 bits per heavy atom. The van der Waals surface area contributed by atoms with Crippen LogP contribution in [0.3, 0.4) is 0 Å². The molecule has 10 nitrogen and oxygen atoms in total. The van der Waals surface area contributed by atoms with Crippen molar-refractivity contribution in [3.63, 3.8) is 0 Å². The smallest absolute Gasteiger partial charge is 0.332 e. The van der Waals surface area contributed by atoms with E-state index >= 15 is 0 Å². The number of aromatic hydroxyl groups is 1. The van der Waals surface area contributed by atoms with Gasteiger partial charge in [-0.25, -0.2) is 9.36 Å². The molecule has 0 aliphatic rings. The number of para-hydroxylation sites is 2. The largest absolute Gasteiger partial charge is 0.508 e. The summed E-state index contributed by atoms with van der Waals surface area (Å²) in [6.45, 7) is 0. The number of aromatic nitrogens is 4. The minimum atomic E-state index is -0.470. The number of aromatic amines is 1. The quantitative estimate of drug-likeness (QED) is 0.369. The highest BCUT2D eigenvalue weighted by Crippen LogP contribution is 2.27. The first kappa shape index (κ1) is 18.0. The van der Waals surface area contributed by atoms with Crippen LogP contribution in [0.2, 0.25) is 0 Å². The zero-order valence-corrected chi connectivity index (χ0v) is 15.2. The maximum absolute atomic E-state index is 12.7. The van der Waals surface area contributed by atoms with E-state index in [1.54, 1.807) is 36.4 Å². The number of ether oxygens (including phenoxy) is 1. The fraction of sp³-hybridized carbons (Fsp3) is 0.0526. The molecule has 0 saturated carbocycles. The van der Waals surface area contributed by atoms with Gasteiger partial charge >= 0.3 is 5.69 Å². The van der Waals surface area contributed by atoms with E-state index in [1.807, 2.05) is 0 Å². The number of carbonyl (C=O) groups excluding carboxylic acids is 1. The summed E-state index contributed by atoms with van der Waals surface area (Å²) in [5.41, 5.74) is 1.03. The number of phenols is 1. The number of anilines is 3. The van der Waals surface area contributed by atoms with Crippen molar-refractivity contribution in [2.75, 3.05) is 17.7 Å². The fourth-order valence-electron chi connectivity index (χ4n) is 2.95. The van der Waals surface area contributed by atoms with Crippen molar-refractivity contribution in [3.05, 3.63) is 59.0 Å². The molecular weight excluding hydrogens is 376 g/mol. The molecule has 0 unspecified atom stereocenters. The number of carbonyl (C=O) groups is 1. The molecule has 29 heavy (non-hydrogen) atoms. The Labute approximate surface area is 163 Å². The van der Waals surface area contributed by atoms with Crippen molar-refractivity contribution in [3.8, 4) is 17.2 Å². The molecule has 0 saturated heterocycles. The molecule has 0 bridgehead atoms. The molecule has 1 amide bonds. The lowest BCUT2D eigenvalue weighted by atomic mass is 10.3. The molecule has 0 fully saturated rings. The number of benzene rings is 2. The summed E-state index contributed by atoms with van der Waals surface area (Å²) in [5.74, 6) is 0.782. The number of imidazole rings is 1. The van der Waals surface area contributed by atoms with Crippen LogP contribution in [0.25, 0.3) is 16.9 Å². The van der Waals surface area contributed by atoms with Crippen LogP contribution < -0.4 is 21.1 Å². The summed E-state index contributed by atoms with van der Waals surface area (Å²) in [7, 11) is 1.50. The summed E-state index contributed by atoms with van der Waals surface area (Å²) >= 11 is 0. The molecule has 4 N–H and O–H groups in total. The minimum absolute atomic E-state index is 0.0647. The molecule has 146 valence electrons. The van der Waals surface area contributed by atoms with Crippen LogP contribution in [0, 0.1) is 0 Å². The predicted octanol–water partition coefficient (Wildman–Crippen LogP) is 2.13. The molecule has 10 heteroatoms. The molecule has 2 heterocycles. The van der Waals surface area contributed by atoms with Gasteiger partial charge in [-0.3, -0.25) is 4.79 Å². The Morgan fingerprint density at radius 2 is 2.00 bits per heavy atom. The van der Waals surface area contributed by atoms with Gasteiger partial charge < -0.3 is 25.5 Å². The molecule has 0 spiro atoms. The van der Waals surface area contributed by atoms with E-state index in [2.05, 4.69) is 25.6 Å². The van der Waals surface area contributed by atoms with E-state index in [1.165, 1.54) is 23.8 Å². The summed E-state index contributed by atoms with van der Waals surface area (Å²) in [6, 6.07) is 13.4. The van der Waals surface area contributed by atoms with Gasteiger partial charge in [-0.05, 0) is 24.3 Å². The van der Waals surface area contributed by atoms with Gasteiger partial charge in [-0.15, -0.1) is 0 Å². The van der Waals surface area contributed by atoms with Crippen LogP contribution in [-0.2, 0) is 4.79 Å². The first-order valence-electron chi connectivity index (χ1n) is 8.53. The second-order valence-electron chi connectivity index (χ2n) is 5.97. The Bertz CT molecular complexity index is 1260. The third kappa shape index (κ3) is 3.34. The highest BCUT2D eigenvalue weighted by molar-refractivity contribution is 5.90. The zero-order chi connectivity index (χ0) is 20.4. The first-order chi connectivity index (χ1) is 14.1. The van der Waals surface area contributed by atoms with E-state index in [9.17, 15) is 14.7 Å². The Kier molecular flexibility index (Phi) is 4.57.